The van der Waals surface area contributed by atoms with Crippen LogP contribution in [0.2, 0.25) is 0 Å². The van der Waals surface area contributed by atoms with Crippen molar-refractivity contribution in [2.24, 2.45) is 0 Å². The summed E-state index contributed by atoms with van der Waals surface area (Å²) in [7, 11) is 0. The van der Waals surface area contributed by atoms with Crippen molar-refractivity contribution in [3.8, 4) is 16.9 Å². The van der Waals surface area contributed by atoms with Crippen LogP contribution < -0.4 is 5.32 Å². The molecule has 5 aromatic rings. The van der Waals surface area contributed by atoms with Gasteiger partial charge in [0, 0.05) is 34.9 Å². The fraction of sp³-hybridized carbons (Fsp3) is 0.120. The highest BCUT2D eigenvalue weighted by molar-refractivity contribution is 5.78. The Morgan fingerprint density at radius 1 is 1.00 bits per heavy atom. The molecule has 0 aliphatic heterocycles. The number of benzene rings is 2. The van der Waals surface area contributed by atoms with Gasteiger partial charge in [-0.2, -0.15) is 0 Å². The van der Waals surface area contributed by atoms with E-state index in [1.807, 2.05) is 72.4 Å². The van der Waals surface area contributed by atoms with Crippen LogP contribution in [-0.4, -0.2) is 24.0 Å². The second-order valence-corrected chi connectivity index (χ2v) is 7.58. The van der Waals surface area contributed by atoms with Crippen LogP contribution in [-0.2, 0) is 6.61 Å². The number of nitrogens with one attached hydrogen (secondary N) is 1. The van der Waals surface area contributed by atoms with Crippen molar-refractivity contribution in [3.05, 3.63) is 96.3 Å². The molecule has 0 bridgehead atoms. The van der Waals surface area contributed by atoms with Crippen LogP contribution in [0.4, 0.5) is 11.4 Å². The Kier molecular flexibility index (Phi) is 4.76. The zero-order valence-corrected chi connectivity index (χ0v) is 17.4. The van der Waals surface area contributed by atoms with Crippen molar-refractivity contribution in [2.75, 3.05) is 5.32 Å². The highest BCUT2D eigenvalue weighted by Gasteiger charge is 2.14. The second-order valence-electron chi connectivity index (χ2n) is 7.58. The Balaban J connectivity index is 1.53. The summed E-state index contributed by atoms with van der Waals surface area (Å²) in [4.78, 5) is 9.21. The lowest BCUT2D eigenvalue weighted by molar-refractivity contribution is 0.281. The van der Waals surface area contributed by atoms with Gasteiger partial charge in [-0.3, -0.25) is 0 Å². The van der Waals surface area contributed by atoms with E-state index in [0.717, 1.165) is 50.9 Å². The Labute approximate surface area is 180 Å². The Hall–Kier alpha value is -3.90. The highest BCUT2D eigenvalue weighted by atomic mass is 16.3. The minimum atomic E-state index is -0.0626. The Bertz CT molecular complexity index is 1370. The average molecular weight is 409 g/mol. The minimum Gasteiger partial charge on any atom is -0.392 e. The summed E-state index contributed by atoms with van der Waals surface area (Å²) in [5, 5.41) is 13.4. The number of anilines is 2. The summed E-state index contributed by atoms with van der Waals surface area (Å²) in [5.41, 5.74) is 8.47. The lowest BCUT2D eigenvalue weighted by Crippen LogP contribution is -2.00. The van der Waals surface area contributed by atoms with E-state index in [4.69, 9.17) is 4.98 Å². The summed E-state index contributed by atoms with van der Waals surface area (Å²) in [6, 6.07) is 20.2. The molecule has 3 aromatic heterocycles. The topological polar surface area (TPSA) is 67.4 Å². The standard InChI is InChI=1S/C25H23N5O/c1-17-14-29(16-26-17)23-11-10-21(13-20(23)15-31)27-22-9-6-12-30-18(2)24(28-25(22)30)19-7-4-3-5-8-19/h3-14,16,27,31H,15H2,1-2H3. The number of aryl methyl sites for hydroxylation is 2. The van der Waals surface area contributed by atoms with E-state index in [1.54, 1.807) is 6.33 Å². The van der Waals surface area contributed by atoms with Gasteiger partial charge < -0.3 is 19.4 Å². The molecule has 31 heavy (non-hydrogen) atoms. The van der Waals surface area contributed by atoms with Crippen molar-refractivity contribution in [1.29, 1.82) is 0 Å². The van der Waals surface area contributed by atoms with Gasteiger partial charge in [-0.1, -0.05) is 30.3 Å². The zero-order valence-electron chi connectivity index (χ0n) is 17.4. The second kappa shape index (κ2) is 7.74. The molecule has 5 rings (SSSR count). The molecular formula is C25H23N5O. The molecule has 0 spiro atoms. The number of hydrogen-bond donors (Lipinski definition) is 2. The number of rotatable bonds is 5. The lowest BCUT2D eigenvalue weighted by Gasteiger charge is -2.13. The quantitative estimate of drug-likeness (QED) is 0.427. The molecule has 0 radical (unpaired) electrons. The van der Waals surface area contributed by atoms with Gasteiger partial charge in [-0.25, -0.2) is 9.97 Å². The summed E-state index contributed by atoms with van der Waals surface area (Å²) in [6.07, 6.45) is 5.73. The Morgan fingerprint density at radius 3 is 2.58 bits per heavy atom. The number of imidazole rings is 2. The largest absolute Gasteiger partial charge is 0.392 e. The first-order valence-electron chi connectivity index (χ1n) is 10.2. The van der Waals surface area contributed by atoms with Gasteiger partial charge in [0.15, 0.2) is 5.65 Å². The van der Waals surface area contributed by atoms with Crippen LogP contribution in [0.1, 0.15) is 17.0 Å². The molecule has 0 fully saturated rings. The number of fused-ring (bicyclic) bond motifs is 1. The van der Waals surface area contributed by atoms with Crippen LogP contribution in [0.25, 0.3) is 22.6 Å². The first-order chi connectivity index (χ1) is 15.1. The van der Waals surface area contributed by atoms with Gasteiger partial charge in [0.05, 0.1) is 35.7 Å². The average Bonchev–Trinajstić information content (AvgIpc) is 3.38. The molecule has 3 heterocycles. The van der Waals surface area contributed by atoms with Gasteiger partial charge in [-0.15, -0.1) is 0 Å². The third-order valence-electron chi connectivity index (χ3n) is 5.45. The third kappa shape index (κ3) is 3.47. The molecule has 0 saturated carbocycles. The van der Waals surface area contributed by atoms with E-state index < -0.39 is 0 Å². The van der Waals surface area contributed by atoms with Gasteiger partial charge in [0.2, 0.25) is 0 Å². The first-order valence-corrected chi connectivity index (χ1v) is 10.2. The number of aromatic nitrogens is 4. The maximum Gasteiger partial charge on any atom is 0.161 e. The molecule has 0 amide bonds. The molecule has 154 valence electrons. The fourth-order valence-corrected chi connectivity index (χ4v) is 3.90. The molecule has 6 nitrogen and oxygen atoms in total. The van der Waals surface area contributed by atoms with Crippen LogP contribution in [0.3, 0.4) is 0 Å². The summed E-state index contributed by atoms with van der Waals surface area (Å²) < 4.78 is 4.02. The number of pyridine rings is 1. The predicted octanol–water partition coefficient (Wildman–Crippen LogP) is 5.04. The molecule has 2 aromatic carbocycles. The number of nitrogens with zero attached hydrogens (tertiary/aromatic N) is 4. The van der Waals surface area contributed by atoms with Gasteiger partial charge in [0.25, 0.3) is 0 Å². The Morgan fingerprint density at radius 2 is 1.84 bits per heavy atom. The number of aliphatic hydroxyl groups is 1. The van der Waals surface area contributed by atoms with Crippen LogP contribution >= 0.6 is 0 Å². The van der Waals surface area contributed by atoms with E-state index in [9.17, 15) is 5.11 Å². The molecule has 6 heteroatoms. The van der Waals surface area contributed by atoms with Crippen molar-refractivity contribution in [2.45, 2.75) is 20.5 Å². The van der Waals surface area contributed by atoms with E-state index in [-0.39, 0.29) is 6.61 Å². The molecule has 2 N–H and O–H groups in total. The predicted molar refractivity (Wildman–Crippen MR) is 123 cm³/mol. The molecule has 0 saturated heterocycles. The monoisotopic (exact) mass is 409 g/mol. The van der Waals surface area contributed by atoms with Crippen LogP contribution in [0, 0.1) is 13.8 Å². The van der Waals surface area contributed by atoms with Gasteiger partial charge >= 0.3 is 0 Å². The number of hydrogen-bond acceptors (Lipinski definition) is 4. The van der Waals surface area contributed by atoms with Crippen molar-refractivity contribution in [3.63, 3.8) is 0 Å². The summed E-state index contributed by atoms with van der Waals surface area (Å²) >= 11 is 0. The molecule has 0 unspecified atom stereocenters. The number of aliphatic hydroxyl groups excluding tert-OH is 1. The van der Waals surface area contributed by atoms with Crippen LogP contribution in [0.5, 0.6) is 0 Å². The van der Waals surface area contributed by atoms with E-state index in [1.165, 1.54) is 0 Å². The fourth-order valence-electron chi connectivity index (χ4n) is 3.90. The SMILES string of the molecule is Cc1cn(-c2ccc(Nc3cccn4c(C)c(-c5ccccc5)nc34)cc2CO)cn1. The van der Waals surface area contributed by atoms with Gasteiger partial charge in [-0.05, 0) is 44.2 Å². The minimum absolute atomic E-state index is 0.0626. The zero-order chi connectivity index (χ0) is 21.4. The molecule has 0 aliphatic rings. The van der Waals surface area contributed by atoms with Crippen molar-refractivity contribution >= 4 is 17.0 Å². The smallest absolute Gasteiger partial charge is 0.161 e. The third-order valence-corrected chi connectivity index (χ3v) is 5.45. The van der Waals surface area contributed by atoms with E-state index >= 15 is 0 Å². The summed E-state index contributed by atoms with van der Waals surface area (Å²) in [5.74, 6) is 0. The highest BCUT2D eigenvalue weighted by Crippen LogP contribution is 2.29. The van der Waals surface area contributed by atoms with Crippen molar-refractivity contribution in [1.82, 2.24) is 18.9 Å². The lowest BCUT2D eigenvalue weighted by atomic mass is 10.1. The van der Waals surface area contributed by atoms with Crippen LogP contribution in [0.15, 0.2) is 79.4 Å². The maximum atomic E-state index is 9.94. The summed E-state index contributed by atoms with van der Waals surface area (Å²) in [6.45, 7) is 3.96. The first kappa shape index (κ1) is 19.1. The van der Waals surface area contributed by atoms with Gasteiger partial charge in [0.1, 0.15) is 0 Å². The molecule has 0 atom stereocenters. The van der Waals surface area contributed by atoms with Crippen molar-refractivity contribution < 1.29 is 5.11 Å². The normalized spacial score (nSPS) is 11.2. The maximum absolute atomic E-state index is 9.94. The molecule has 0 aliphatic carbocycles. The van der Waals surface area contributed by atoms with E-state index in [2.05, 4.69) is 33.8 Å². The molecular weight excluding hydrogens is 386 g/mol. The van der Waals surface area contributed by atoms with E-state index in [0.29, 0.717) is 0 Å².